The molecule has 0 radical (unpaired) electrons. The number of aromatic nitrogens is 2. The zero-order chi connectivity index (χ0) is 31.0. The number of anilines is 4. The van der Waals surface area contributed by atoms with Crippen LogP contribution in [-0.4, -0.2) is 23.1 Å². The lowest BCUT2D eigenvalue weighted by molar-refractivity contribution is -0.137. The number of fused-ring (bicyclic) bond motifs is 3. The molecule has 0 aliphatic heterocycles. The van der Waals surface area contributed by atoms with Gasteiger partial charge in [-0.25, -0.2) is 14.8 Å². The van der Waals surface area contributed by atoms with E-state index in [-0.39, 0.29) is 5.69 Å². The van der Waals surface area contributed by atoms with E-state index in [1.165, 1.54) is 16.5 Å². The van der Waals surface area contributed by atoms with Gasteiger partial charge in [0.05, 0.1) is 23.1 Å². The van der Waals surface area contributed by atoms with Gasteiger partial charge in [0.15, 0.2) is 5.82 Å². The minimum atomic E-state index is -4.64. The number of aryl methyl sites for hydroxylation is 1. The van der Waals surface area contributed by atoms with Gasteiger partial charge in [-0.15, -0.1) is 11.3 Å². The minimum absolute atomic E-state index is 0.0358. The first-order chi connectivity index (χ1) is 21.1. The van der Waals surface area contributed by atoms with Crippen LogP contribution in [0.4, 0.5) is 40.8 Å². The monoisotopic (exact) mass is 637 g/mol. The Morgan fingerprint density at radius 1 is 0.977 bits per heavy atom. The Hall–Kier alpha value is -4.35. The van der Waals surface area contributed by atoms with Crippen LogP contribution in [0.3, 0.4) is 0 Å². The average molecular weight is 638 g/mol. The van der Waals surface area contributed by atoms with Gasteiger partial charge in [0.2, 0.25) is 0 Å². The number of hydrogen-bond acceptors (Lipinski definition) is 6. The van der Waals surface area contributed by atoms with E-state index in [1.54, 1.807) is 42.7 Å². The largest absolute Gasteiger partial charge is 0.497 e. The number of amides is 2. The number of carbonyl (C=O) groups is 1. The first-order valence-corrected chi connectivity index (χ1v) is 15.1. The Labute approximate surface area is 260 Å². The third kappa shape index (κ3) is 6.29. The highest BCUT2D eigenvalue weighted by atomic mass is 35.5. The molecule has 0 bridgehead atoms. The molecule has 2 amide bonds. The molecule has 226 valence electrons. The molecule has 0 saturated carbocycles. The van der Waals surface area contributed by atoms with Gasteiger partial charge in [-0.3, -0.25) is 0 Å². The summed E-state index contributed by atoms with van der Waals surface area (Å²) in [6.45, 7) is 2.26. The summed E-state index contributed by atoms with van der Waals surface area (Å²) in [4.78, 5) is 24.7. The molecule has 12 heteroatoms. The lowest BCUT2D eigenvalue weighted by Crippen LogP contribution is -2.19. The van der Waals surface area contributed by atoms with E-state index in [1.807, 2.05) is 24.3 Å². The van der Waals surface area contributed by atoms with Crippen LogP contribution >= 0.6 is 22.9 Å². The van der Waals surface area contributed by atoms with Crippen molar-refractivity contribution >= 4 is 62.1 Å². The summed E-state index contributed by atoms with van der Waals surface area (Å²) < 4.78 is 44.8. The van der Waals surface area contributed by atoms with E-state index in [4.69, 9.17) is 26.3 Å². The summed E-state index contributed by atoms with van der Waals surface area (Å²) in [5.74, 6) is 2.61. The van der Waals surface area contributed by atoms with Crippen LogP contribution in [0.2, 0.25) is 5.02 Å². The number of hydrogen-bond donors (Lipinski definition) is 3. The summed E-state index contributed by atoms with van der Waals surface area (Å²) in [6, 6.07) is 17.1. The first kappa shape index (κ1) is 29.7. The molecule has 1 aliphatic carbocycles. The number of ether oxygens (including phenoxy) is 1. The smallest absolute Gasteiger partial charge is 0.417 e. The first-order valence-electron chi connectivity index (χ1n) is 13.9. The Morgan fingerprint density at radius 3 is 2.36 bits per heavy atom. The average Bonchev–Trinajstić information content (AvgIpc) is 3.36. The van der Waals surface area contributed by atoms with E-state index in [2.05, 4.69) is 22.9 Å². The standard InChI is InChI=1S/C32H27ClF3N5O2S/c1-17-3-14-26-23(15-17)27-29(40-28(41-30(27)44-26)18-4-11-22(43-2)12-5-18)37-19-6-8-20(9-7-19)38-31(42)39-21-10-13-25(33)24(16-21)32(34,35)36/h4-13,16-17H,3,14-15H2,1-2H3,(H,37,40,41)(H2,38,39,42). The summed E-state index contributed by atoms with van der Waals surface area (Å²) in [6.07, 6.45) is -1.51. The Kier molecular flexibility index (Phi) is 8.08. The summed E-state index contributed by atoms with van der Waals surface area (Å²) in [5.41, 5.74) is 2.29. The zero-order valence-electron chi connectivity index (χ0n) is 23.7. The number of halogens is 4. The molecule has 1 atom stereocenters. The van der Waals surface area contributed by atoms with Crippen molar-refractivity contribution in [3.63, 3.8) is 0 Å². The molecule has 2 heterocycles. The normalized spacial score (nSPS) is 14.6. The van der Waals surface area contributed by atoms with E-state index >= 15 is 0 Å². The molecule has 44 heavy (non-hydrogen) atoms. The predicted molar refractivity (Wildman–Crippen MR) is 169 cm³/mol. The topological polar surface area (TPSA) is 88.2 Å². The van der Waals surface area contributed by atoms with Gasteiger partial charge in [-0.1, -0.05) is 18.5 Å². The molecule has 3 aromatic carbocycles. The summed E-state index contributed by atoms with van der Waals surface area (Å²) in [7, 11) is 1.62. The highest BCUT2D eigenvalue weighted by Crippen LogP contribution is 2.42. The molecule has 6 rings (SSSR count). The lowest BCUT2D eigenvalue weighted by atomic mass is 9.88. The van der Waals surface area contributed by atoms with Crippen molar-refractivity contribution in [3.8, 4) is 17.1 Å². The highest BCUT2D eigenvalue weighted by molar-refractivity contribution is 7.19. The quantitative estimate of drug-likeness (QED) is 0.173. The summed E-state index contributed by atoms with van der Waals surface area (Å²) >= 11 is 7.39. The number of thiophene rings is 1. The lowest BCUT2D eigenvalue weighted by Gasteiger charge is -2.19. The highest BCUT2D eigenvalue weighted by Gasteiger charge is 2.33. The molecular formula is C32H27ClF3N5O2S. The number of methoxy groups -OCH3 is 1. The van der Waals surface area contributed by atoms with Crippen molar-refractivity contribution in [1.82, 2.24) is 9.97 Å². The second kappa shape index (κ2) is 12.0. The number of carbonyl (C=O) groups excluding carboxylic acids is 1. The van der Waals surface area contributed by atoms with Crippen molar-refractivity contribution in [2.45, 2.75) is 32.4 Å². The Morgan fingerprint density at radius 2 is 1.66 bits per heavy atom. The molecule has 2 aromatic heterocycles. The predicted octanol–water partition coefficient (Wildman–Crippen LogP) is 9.55. The van der Waals surface area contributed by atoms with Gasteiger partial charge in [-0.2, -0.15) is 13.2 Å². The maximum absolute atomic E-state index is 13.2. The van der Waals surface area contributed by atoms with E-state index < -0.39 is 22.8 Å². The second-order valence-electron chi connectivity index (χ2n) is 10.6. The number of urea groups is 1. The molecule has 0 saturated heterocycles. The molecular weight excluding hydrogens is 611 g/mol. The molecule has 7 nitrogen and oxygen atoms in total. The van der Waals surface area contributed by atoms with Crippen molar-refractivity contribution in [2.24, 2.45) is 5.92 Å². The van der Waals surface area contributed by atoms with Crippen LogP contribution in [0, 0.1) is 5.92 Å². The fourth-order valence-corrected chi connectivity index (χ4v) is 6.64. The minimum Gasteiger partial charge on any atom is -0.497 e. The number of rotatable bonds is 6. The van der Waals surface area contributed by atoms with Gasteiger partial charge < -0.3 is 20.7 Å². The molecule has 3 N–H and O–H groups in total. The van der Waals surface area contributed by atoms with Crippen LogP contribution in [0.1, 0.15) is 29.3 Å². The maximum Gasteiger partial charge on any atom is 0.417 e. The molecule has 1 aliphatic rings. The number of alkyl halides is 3. The Balaban J connectivity index is 1.24. The van der Waals surface area contributed by atoms with Crippen LogP contribution in [0.25, 0.3) is 21.6 Å². The molecule has 5 aromatic rings. The SMILES string of the molecule is COc1ccc(-c2nc(Nc3ccc(NC(=O)Nc4ccc(Cl)c(C(F)(F)F)c4)cc3)c3c4c(sc3n2)CCC(C)C4)cc1. The summed E-state index contributed by atoms with van der Waals surface area (Å²) in [5, 5.41) is 9.10. The van der Waals surface area contributed by atoms with Crippen molar-refractivity contribution in [2.75, 3.05) is 23.1 Å². The van der Waals surface area contributed by atoms with E-state index in [9.17, 15) is 18.0 Å². The van der Waals surface area contributed by atoms with Crippen molar-refractivity contribution in [1.29, 1.82) is 0 Å². The number of benzene rings is 3. The van der Waals surface area contributed by atoms with Crippen molar-refractivity contribution in [3.05, 3.63) is 87.8 Å². The van der Waals surface area contributed by atoms with Crippen LogP contribution in [0.15, 0.2) is 66.7 Å². The molecule has 1 unspecified atom stereocenters. The van der Waals surface area contributed by atoms with E-state index in [0.717, 1.165) is 58.6 Å². The second-order valence-corrected chi connectivity index (χ2v) is 12.1. The van der Waals surface area contributed by atoms with Gasteiger partial charge >= 0.3 is 12.2 Å². The van der Waals surface area contributed by atoms with Crippen LogP contribution in [0.5, 0.6) is 5.75 Å². The number of nitrogens with one attached hydrogen (secondary N) is 3. The maximum atomic E-state index is 13.2. The number of nitrogens with zero attached hydrogens (tertiary/aromatic N) is 2. The Bertz CT molecular complexity index is 1840. The fraction of sp³-hybridized carbons (Fsp3) is 0.219. The van der Waals surface area contributed by atoms with Crippen molar-refractivity contribution < 1.29 is 22.7 Å². The van der Waals surface area contributed by atoms with Gasteiger partial charge in [-0.05, 0) is 97.5 Å². The molecule has 0 spiro atoms. The van der Waals surface area contributed by atoms with Gasteiger partial charge in [0.1, 0.15) is 16.4 Å². The molecule has 0 fully saturated rings. The third-order valence-electron chi connectivity index (χ3n) is 7.43. The van der Waals surface area contributed by atoms with E-state index in [0.29, 0.717) is 23.2 Å². The third-order valence-corrected chi connectivity index (χ3v) is 8.95. The fourth-order valence-electron chi connectivity index (χ4n) is 5.20. The van der Waals surface area contributed by atoms with Crippen LogP contribution in [-0.2, 0) is 19.0 Å². The van der Waals surface area contributed by atoms with Crippen LogP contribution < -0.4 is 20.7 Å². The zero-order valence-corrected chi connectivity index (χ0v) is 25.3. The van der Waals surface area contributed by atoms with Gasteiger partial charge in [0, 0.05) is 27.5 Å². The van der Waals surface area contributed by atoms with Gasteiger partial charge in [0.25, 0.3) is 0 Å².